The predicted molar refractivity (Wildman–Crippen MR) is 80.5 cm³/mol. The minimum atomic E-state index is -0.496. The summed E-state index contributed by atoms with van der Waals surface area (Å²) >= 11 is 1.31. The van der Waals surface area contributed by atoms with Crippen molar-refractivity contribution < 1.29 is 4.79 Å². The van der Waals surface area contributed by atoms with Crippen LogP contribution in [0, 0.1) is 0 Å². The Kier molecular flexibility index (Phi) is 3.57. The topological polar surface area (TPSA) is 86.7 Å². The molecular weight excluding hydrogens is 286 g/mol. The summed E-state index contributed by atoms with van der Waals surface area (Å²) < 4.78 is 1.67. The van der Waals surface area contributed by atoms with Crippen molar-refractivity contribution in [1.29, 1.82) is 0 Å². The molecule has 0 spiro atoms. The number of hydrogen-bond donors (Lipinski definition) is 1. The van der Waals surface area contributed by atoms with Gasteiger partial charge in [0, 0.05) is 7.05 Å². The van der Waals surface area contributed by atoms with Crippen molar-refractivity contribution in [3.8, 4) is 0 Å². The monoisotopic (exact) mass is 299 g/mol. The molecule has 6 nitrogen and oxygen atoms in total. The Morgan fingerprint density at radius 3 is 2.76 bits per heavy atom. The van der Waals surface area contributed by atoms with Crippen LogP contribution in [0.3, 0.4) is 0 Å². The van der Waals surface area contributed by atoms with E-state index in [-0.39, 0.29) is 0 Å². The van der Waals surface area contributed by atoms with Gasteiger partial charge in [-0.1, -0.05) is 42.1 Å². The highest BCUT2D eigenvalue weighted by Crippen LogP contribution is 2.36. The highest BCUT2D eigenvalue weighted by molar-refractivity contribution is 8.00. The molecular formula is C14H13N5OS. The fourth-order valence-electron chi connectivity index (χ4n) is 2.06. The van der Waals surface area contributed by atoms with E-state index in [4.69, 9.17) is 5.73 Å². The minimum absolute atomic E-state index is 0.401. The quantitative estimate of drug-likeness (QED) is 0.585. The van der Waals surface area contributed by atoms with Crippen molar-refractivity contribution in [3.63, 3.8) is 0 Å². The van der Waals surface area contributed by atoms with E-state index in [1.54, 1.807) is 10.9 Å². The Bertz CT molecular complexity index is 786. The van der Waals surface area contributed by atoms with Gasteiger partial charge in [0.15, 0.2) is 5.65 Å². The molecule has 1 aromatic carbocycles. The number of fused-ring (bicyclic) bond motifs is 1. The first-order valence-corrected chi connectivity index (χ1v) is 7.18. The van der Waals surface area contributed by atoms with Gasteiger partial charge in [0.2, 0.25) is 5.91 Å². The maximum atomic E-state index is 11.8. The lowest BCUT2D eigenvalue weighted by atomic mass is 10.1. The zero-order valence-corrected chi connectivity index (χ0v) is 12.1. The molecule has 1 atom stereocenters. The van der Waals surface area contributed by atoms with Gasteiger partial charge in [-0.25, -0.2) is 9.97 Å². The van der Waals surface area contributed by atoms with Gasteiger partial charge >= 0.3 is 0 Å². The van der Waals surface area contributed by atoms with Crippen molar-refractivity contribution in [1.82, 2.24) is 19.7 Å². The molecule has 3 aromatic rings. The number of hydrogen-bond acceptors (Lipinski definition) is 5. The van der Waals surface area contributed by atoms with Crippen LogP contribution in [0.25, 0.3) is 11.0 Å². The molecule has 0 saturated carbocycles. The lowest BCUT2D eigenvalue weighted by Crippen LogP contribution is -2.19. The van der Waals surface area contributed by atoms with Crippen LogP contribution in [0.2, 0.25) is 0 Å². The number of aryl methyl sites for hydroxylation is 1. The van der Waals surface area contributed by atoms with Crippen LogP contribution in [0.5, 0.6) is 0 Å². The van der Waals surface area contributed by atoms with Gasteiger partial charge in [-0.2, -0.15) is 5.10 Å². The number of amides is 1. The predicted octanol–water partition coefficient (Wildman–Crippen LogP) is 1.68. The smallest absolute Gasteiger partial charge is 0.235 e. The Balaban J connectivity index is 2.01. The molecule has 2 N–H and O–H groups in total. The molecule has 0 aliphatic heterocycles. The number of rotatable bonds is 4. The fourth-order valence-corrected chi connectivity index (χ4v) is 3.08. The van der Waals surface area contributed by atoms with Crippen molar-refractivity contribution >= 4 is 28.7 Å². The normalized spacial score (nSPS) is 12.4. The van der Waals surface area contributed by atoms with E-state index >= 15 is 0 Å². The number of nitrogens with two attached hydrogens (primary N) is 1. The van der Waals surface area contributed by atoms with Gasteiger partial charge in [0.05, 0.1) is 11.6 Å². The Morgan fingerprint density at radius 2 is 2.05 bits per heavy atom. The Morgan fingerprint density at radius 1 is 1.29 bits per heavy atom. The summed E-state index contributed by atoms with van der Waals surface area (Å²) in [6, 6.07) is 9.42. The van der Waals surface area contributed by atoms with Gasteiger partial charge in [0.25, 0.3) is 0 Å². The maximum absolute atomic E-state index is 11.8. The van der Waals surface area contributed by atoms with Crippen molar-refractivity contribution in [2.24, 2.45) is 12.8 Å². The molecule has 0 bridgehead atoms. The fraction of sp³-hybridized carbons (Fsp3) is 0.143. The highest BCUT2D eigenvalue weighted by Gasteiger charge is 2.21. The first-order chi connectivity index (χ1) is 10.2. The van der Waals surface area contributed by atoms with E-state index in [1.807, 2.05) is 37.4 Å². The van der Waals surface area contributed by atoms with Gasteiger partial charge in [-0.3, -0.25) is 9.48 Å². The van der Waals surface area contributed by atoms with E-state index in [9.17, 15) is 4.79 Å². The van der Waals surface area contributed by atoms with Gasteiger partial charge in [-0.15, -0.1) is 0 Å². The number of thioether (sulfide) groups is 1. The second kappa shape index (κ2) is 5.53. The second-order valence-electron chi connectivity index (χ2n) is 4.50. The van der Waals surface area contributed by atoms with Crippen LogP contribution < -0.4 is 5.73 Å². The lowest BCUT2D eigenvalue weighted by Gasteiger charge is -2.13. The van der Waals surface area contributed by atoms with Crippen molar-refractivity contribution in [2.45, 2.75) is 10.3 Å². The zero-order valence-electron chi connectivity index (χ0n) is 11.3. The van der Waals surface area contributed by atoms with Crippen molar-refractivity contribution in [3.05, 3.63) is 48.4 Å². The van der Waals surface area contributed by atoms with Crippen molar-refractivity contribution in [2.75, 3.05) is 0 Å². The Labute approximate surface area is 125 Å². The van der Waals surface area contributed by atoms with E-state index < -0.39 is 11.2 Å². The maximum Gasteiger partial charge on any atom is 0.235 e. The van der Waals surface area contributed by atoms with E-state index in [1.165, 1.54) is 18.1 Å². The molecule has 0 aliphatic rings. The molecule has 0 fully saturated rings. The highest BCUT2D eigenvalue weighted by atomic mass is 32.2. The number of nitrogens with zero attached hydrogens (tertiary/aromatic N) is 4. The number of carbonyl (C=O) groups is 1. The SMILES string of the molecule is Cn1ncc2c(S[C@H](C(N)=O)c3ccccc3)ncnc21. The number of aromatic nitrogens is 4. The third kappa shape index (κ3) is 2.59. The summed E-state index contributed by atoms with van der Waals surface area (Å²) in [7, 11) is 1.81. The summed E-state index contributed by atoms with van der Waals surface area (Å²) in [6.07, 6.45) is 3.16. The summed E-state index contributed by atoms with van der Waals surface area (Å²) in [6.45, 7) is 0. The van der Waals surface area contributed by atoms with E-state index in [0.717, 1.165) is 16.6 Å². The third-order valence-corrected chi connectivity index (χ3v) is 4.37. The first kappa shape index (κ1) is 13.6. The summed E-state index contributed by atoms with van der Waals surface area (Å²) in [5.74, 6) is -0.401. The molecule has 106 valence electrons. The third-order valence-electron chi connectivity index (χ3n) is 3.08. The van der Waals surface area contributed by atoms with Crippen LogP contribution in [0.1, 0.15) is 10.8 Å². The molecule has 1 amide bonds. The number of primary amides is 1. The van der Waals surface area contributed by atoms with Gasteiger partial charge in [0.1, 0.15) is 16.6 Å². The van der Waals surface area contributed by atoms with E-state index in [2.05, 4.69) is 15.1 Å². The summed E-state index contributed by atoms with van der Waals surface area (Å²) in [5, 5.41) is 5.18. The molecule has 2 aromatic heterocycles. The molecule has 2 heterocycles. The number of carbonyl (C=O) groups excluding carboxylic acids is 1. The second-order valence-corrected chi connectivity index (χ2v) is 5.59. The Hall–Kier alpha value is -2.41. The molecule has 21 heavy (non-hydrogen) atoms. The molecule has 3 rings (SSSR count). The lowest BCUT2D eigenvalue weighted by molar-refractivity contribution is -0.117. The van der Waals surface area contributed by atoms with Crippen LogP contribution in [-0.2, 0) is 11.8 Å². The summed E-state index contributed by atoms with van der Waals surface area (Å²) in [4.78, 5) is 20.2. The van der Waals surface area contributed by atoms with Crippen LogP contribution >= 0.6 is 11.8 Å². The average Bonchev–Trinajstić information content (AvgIpc) is 2.88. The van der Waals surface area contributed by atoms with Gasteiger partial charge in [-0.05, 0) is 5.56 Å². The minimum Gasteiger partial charge on any atom is -0.368 e. The molecule has 7 heteroatoms. The standard InChI is InChI=1S/C14H13N5OS/c1-19-13-10(7-18-19)14(17-8-16-13)21-11(12(15)20)9-5-3-2-4-6-9/h2-8,11H,1H3,(H2,15,20)/t11-/m0/s1. The van der Waals surface area contributed by atoms with E-state index in [0.29, 0.717) is 5.03 Å². The average molecular weight is 299 g/mol. The molecule has 0 saturated heterocycles. The molecule has 0 radical (unpaired) electrons. The molecule has 0 unspecified atom stereocenters. The van der Waals surface area contributed by atoms with Gasteiger partial charge < -0.3 is 5.73 Å². The van der Waals surface area contributed by atoms with Crippen LogP contribution in [0.4, 0.5) is 0 Å². The van der Waals surface area contributed by atoms with Crippen LogP contribution in [0.15, 0.2) is 47.9 Å². The number of benzene rings is 1. The largest absolute Gasteiger partial charge is 0.368 e. The molecule has 0 aliphatic carbocycles. The summed E-state index contributed by atoms with van der Waals surface area (Å²) in [5.41, 5.74) is 7.12. The van der Waals surface area contributed by atoms with Crippen LogP contribution in [-0.4, -0.2) is 25.7 Å². The zero-order chi connectivity index (χ0) is 14.8. The first-order valence-electron chi connectivity index (χ1n) is 6.30.